The van der Waals surface area contributed by atoms with Crippen molar-refractivity contribution in [1.29, 1.82) is 0 Å². The zero-order chi connectivity index (χ0) is 16.7. The Hall–Kier alpha value is -2.42. The second-order valence-corrected chi connectivity index (χ2v) is 6.60. The summed E-state index contributed by atoms with van der Waals surface area (Å²) in [7, 11) is 0. The van der Waals surface area contributed by atoms with E-state index in [0.29, 0.717) is 11.7 Å². The summed E-state index contributed by atoms with van der Waals surface area (Å²) in [5, 5.41) is 13.9. The molecule has 2 aromatic carbocycles. The summed E-state index contributed by atoms with van der Waals surface area (Å²) in [5.74, 6) is 2.45. The Kier molecular flexibility index (Phi) is 3.72. The monoisotopic (exact) mass is 321 g/mol. The summed E-state index contributed by atoms with van der Waals surface area (Å²) in [6.07, 6.45) is 8.10. The van der Waals surface area contributed by atoms with E-state index in [0.717, 1.165) is 59.7 Å². The predicted molar refractivity (Wildman–Crippen MR) is 97.8 cm³/mol. The molecule has 4 rings (SSSR count). The van der Waals surface area contributed by atoms with Crippen LogP contribution in [0.25, 0.3) is 0 Å². The van der Waals surface area contributed by atoms with Gasteiger partial charge in [0, 0.05) is 11.6 Å². The zero-order valence-corrected chi connectivity index (χ0v) is 14.2. The number of nitrogens with one attached hydrogen (secondary N) is 1. The van der Waals surface area contributed by atoms with E-state index in [-0.39, 0.29) is 0 Å². The zero-order valence-electron chi connectivity index (χ0n) is 14.2. The number of hydrogen-bond donors (Lipinski definition) is 2. The maximum absolute atomic E-state index is 10.3. The Balaban J connectivity index is 1.75. The first-order valence-corrected chi connectivity index (χ1v) is 8.82. The molecule has 1 aliphatic heterocycles. The van der Waals surface area contributed by atoms with Crippen molar-refractivity contribution in [3.8, 4) is 17.2 Å². The third-order valence-corrected chi connectivity index (χ3v) is 5.24. The Morgan fingerprint density at radius 3 is 2.54 bits per heavy atom. The fourth-order valence-corrected chi connectivity index (χ4v) is 3.80. The molecule has 0 saturated heterocycles. The van der Waals surface area contributed by atoms with Crippen LogP contribution in [0.1, 0.15) is 49.3 Å². The van der Waals surface area contributed by atoms with Gasteiger partial charge in [0.25, 0.3) is 0 Å². The minimum Gasteiger partial charge on any atom is -0.508 e. The Labute approximate surface area is 143 Å². The highest BCUT2D eigenvalue weighted by Gasteiger charge is 2.25. The Morgan fingerprint density at radius 2 is 1.79 bits per heavy atom. The third-order valence-electron chi connectivity index (χ3n) is 5.24. The van der Waals surface area contributed by atoms with Crippen molar-refractivity contribution in [2.75, 3.05) is 5.32 Å². The molecule has 1 heterocycles. The van der Waals surface area contributed by atoms with E-state index in [1.165, 1.54) is 5.56 Å². The molecule has 0 aromatic heterocycles. The van der Waals surface area contributed by atoms with Gasteiger partial charge in [-0.1, -0.05) is 32.1 Å². The van der Waals surface area contributed by atoms with Crippen molar-refractivity contribution in [1.82, 2.24) is 0 Å². The molecule has 0 saturated carbocycles. The van der Waals surface area contributed by atoms with Crippen LogP contribution in [-0.4, -0.2) is 5.11 Å². The van der Waals surface area contributed by atoms with E-state index in [9.17, 15) is 5.11 Å². The second-order valence-electron chi connectivity index (χ2n) is 6.60. The molecular weight excluding hydrogens is 298 g/mol. The van der Waals surface area contributed by atoms with Gasteiger partial charge in [0.1, 0.15) is 5.75 Å². The van der Waals surface area contributed by atoms with Gasteiger partial charge >= 0.3 is 0 Å². The predicted octanol–water partition coefficient (Wildman–Crippen LogP) is 5.80. The molecule has 24 heavy (non-hydrogen) atoms. The number of phenolic OH excluding ortho intramolecular Hbond substituents is 1. The van der Waals surface area contributed by atoms with Gasteiger partial charge in [-0.05, 0) is 54.9 Å². The van der Waals surface area contributed by atoms with Crippen LogP contribution in [0.2, 0.25) is 0 Å². The molecule has 0 amide bonds. The lowest BCUT2D eigenvalue weighted by molar-refractivity contribution is 0.448. The fraction of sp³-hybridized carbons (Fsp3) is 0.333. The number of aromatic hydroxyl groups is 1. The van der Waals surface area contributed by atoms with Crippen molar-refractivity contribution in [3.63, 3.8) is 0 Å². The average molecular weight is 321 g/mol. The fourth-order valence-electron chi connectivity index (χ4n) is 3.80. The SMILES string of the molecule is CCC(CC)c1ccc2c(c1)Oc1cc(O)c3c(c1N2)CC=CC3. The molecule has 2 aliphatic rings. The van der Waals surface area contributed by atoms with Gasteiger partial charge in [0.2, 0.25) is 0 Å². The van der Waals surface area contributed by atoms with Gasteiger partial charge in [-0.2, -0.15) is 0 Å². The van der Waals surface area contributed by atoms with Crippen LogP contribution in [0.3, 0.4) is 0 Å². The summed E-state index contributed by atoms with van der Waals surface area (Å²) in [4.78, 5) is 0. The van der Waals surface area contributed by atoms with Gasteiger partial charge < -0.3 is 15.2 Å². The second kappa shape index (κ2) is 5.90. The van der Waals surface area contributed by atoms with Gasteiger partial charge in [-0.25, -0.2) is 0 Å². The standard InChI is InChI=1S/C21H23NO2/c1-3-13(4-2)14-9-10-17-19(11-14)24-20-12-18(23)15-7-5-6-8-16(15)21(20)22-17/h5-6,9-13,22-23H,3-4,7-8H2,1-2H3. The number of rotatable bonds is 3. The molecule has 0 atom stereocenters. The first-order valence-electron chi connectivity index (χ1n) is 8.82. The molecular formula is C21H23NO2. The lowest BCUT2D eigenvalue weighted by Gasteiger charge is -2.28. The smallest absolute Gasteiger partial charge is 0.154 e. The number of anilines is 2. The van der Waals surface area contributed by atoms with Gasteiger partial charge in [0.05, 0.1) is 11.4 Å². The number of benzene rings is 2. The van der Waals surface area contributed by atoms with Crippen molar-refractivity contribution in [2.24, 2.45) is 0 Å². The molecule has 3 nitrogen and oxygen atoms in total. The van der Waals surface area contributed by atoms with E-state index < -0.39 is 0 Å². The average Bonchev–Trinajstić information content (AvgIpc) is 2.62. The topological polar surface area (TPSA) is 41.5 Å². The van der Waals surface area contributed by atoms with E-state index in [1.54, 1.807) is 6.07 Å². The molecule has 0 radical (unpaired) electrons. The normalized spacial score (nSPS) is 14.5. The van der Waals surface area contributed by atoms with E-state index >= 15 is 0 Å². The van der Waals surface area contributed by atoms with Gasteiger partial charge in [-0.3, -0.25) is 0 Å². The minimum atomic E-state index is 0.328. The van der Waals surface area contributed by atoms with Crippen molar-refractivity contribution < 1.29 is 9.84 Å². The summed E-state index contributed by atoms with van der Waals surface area (Å²) >= 11 is 0. The first kappa shape index (κ1) is 15.1. The van der Waals surface area contributed by atoms with Gasteiger partial charge in [-0.15, -0.1) is 0 Å². The highest BCUT2D eigenvalue weighted by atomic mass is 16.5. The molecule has 0 unspecified atom stereocenters. The number of phenols is 1. The van der Waals surface area contributed by atoms with Crippen molar-refractivity contribution in [3.05, 3.63) is 53.1 Å². The third kappa shape index (κ3) is 2.35. The van der Waals surface area contributed by atoms with Crippen LogP contribution in [0.5, 0.6) is 17.2 Å². The lowest BCUT2D eigenvalue weighted by Crippen LogP contribution is -2.10. The number of hydrogen-bond acceptors (Lipinski definition) is 3. The molecule has 3 heteroatoms. The summed E-state index contributed by atoms with van der Waals surface area (Å²) in [5.41, 5.74) is 5.45. The number of allylic oxidation sites excluding steroid dienone is 2. The van der Waals surface area contributed by atoms with E-state index in [1.807, 2.05) is 0 Å². The molecule has 2 N–H and O–H groups in total. The Morgan fingerprint density at radius 1 is 1.04 bits per heavy atom. The number of ether oxygens (including phenoxy) is 1. The molecule has 0 spiro atoms. The van der Waals surface area contributed by atoms with Crippen LogP contribution >= 0.6 is 0 Å². The van der Waals surface area contributed by atoms with Gasteiger partial charge in [0.15, 0.2) is 11.5 Å². The maximum atomic E-state index is 10.3. The van der Waals surface area contributed by atoms with Crippen molar-refractivity contribution in [2.45, 2.75) is 45.4 Å². The van der Waals surface area contributed by atoms with Crippen LogP contribution in [0.4, 0.5) is 11.4 Å². The molecule has 2 aromatic rings. The summed E-state index contributed by atoms with van der Waals surface area (Å²) < 4.78 is 6.16. The van der Waals surface area contributed by atoms with Crippen LogP contribution < -0.4 is 10.1 Å². The quantitative estimate of drug-likeness (QED) is 0.473. The molecule has 0 bridgehead atoms. The van der Waals surface area contributed by atoms with Crippen LogP contribution in [0.15, 0.2) is 36.4 Å². The minimum absolute atomic E-state index is 0.328. The van der Waals surface area contributed by atoms with Crippen molar-refractivity contribution >= 4 is 11.4 Å². The Bertz CT molecular complexity index is 819. The molecule has 124 valence electrons. The molecule has 1 aliphatic carbocycles. The maximum Gasteiger partial charge on any atom is 0.154 e. The summed E-state index contributed by atoms with van der Waals surface area (Å²) in [6, 6.07) is 8.20. The highest BCUT2D eigenvalue weighted by molar-refractivity contribution is 5.81. The summed E-state index contributed by atoms with van der Waals surface area (Å²) in [6.45, 7) is 4.44. The highest BCUT2D eigenvalue weighted by Crippen LogP contribution is 2.48. The largest absolute Gasteiger partial charge is 0.508 e. The number of fused-ring (bicyclic) bond motifs is 4. The van der Waals surface area contributed by atoms with E-state index in [4.69, 9.17) is 4.74 Å². The van der Waals surface area contributed by atoms with E-state index in [2.05, 4.69) is 49.5 Å². The van der Waals surface area contributed by atoms with Crippen LogP contribution in [0, 0.1) is 0 Å². The molecule has 0 fully saturated rings. The van der Waals surface area contributed by atoms with Crippen LogP contribution in [-0.2, 0) is 12.8 Å². The first-order chi connectivity index (χ1) is 11.7. The lowest BCUT2D eigenvalue weighted by atomic mass is 9.92.